The summed E-state index contributed by atoms with van der Waals surface area (Å²) in [6, 6.07) is 1.86. The fraction of sp³-hybridized carbons (Fsp3) is 0.462. The van der Waals surface area contributed by atoms with Gasteiger partial charge in [-0.2, -0.15) is 0 Å². The van der Waals surface area contributed by atoms with Crippen molar-refractivity contribution in [2.45, 2.75) is 20.4 Å². The molecule has 7 nitrogen and oxygen atoms in total. The summed E-state index contributed by atoms with van der Waals surface area (Å²) in [6.45, 7) is 5.24. The standard InChI is InChI=1S/C13H15N3O4/c1-7-3-10(8(2)19-7)12-15-14-11(20-12)6-16-4-9(5-16)13(17)18/h3,9H,4-6H2,1-2H3,(H,17,18). The van der Waals surface area contributed by atoms with Crippen LogP contribution in [0.5, 0.6) is 0 Å². The minimum absolute atomic E-state index is 0.281. The van der Waals surface area contributed by atoms with Crippen LogP contribution in [0.1, 0.15) is 17.4 Å². The average Bonchev–Trinajstić information content (AvgIpc) is 2.89. The maximum absolute atomic E-state index is 10.7. The molecule has 20 heavy (non-hydrogen) atoms. The molecule has 0 aliphatic carbocycles. The number of aromatic nitrogens is 2. The summed E-state index contributed by atoms with van der Waals surface area (Å²) in [5, 5.41) is 16.8. The highest BCUT2D eigenvalue weighted by Crippen LogP contribution is 2.26. The van der Waals surface area contributed by atoms with Gasteiger partial charge in [0.2, 0.25) is 5.89 Å². The number of rotatable bonds is 4. The molecule has 3 heterocycles. The van der Waals surface area contributed by atoms with E-state index in [2.05, 4.69) is 10.2 Å². The van der Waals surface area contributed by atoms with E-state index in [1.165, 1.54) is 0 Å². The molecule has 2 aromatic rings. The smallest absolute Gasteiger partial charge is 0.309 e. The molecule has 0 spiro atoms. The van der Waals surface area contributed by atoms with E-state index in [-0.39, 0.29) is 5.92 Å². The number of hydrogen-bond acceptors (Lipinski definition) is 6. The Kier molecular flexibility index (Phi) is 3.06. The number of carboxylic acids is 1. The Bertz CT molecular complexity index is 640. The second kappa shape index (κ2) is 4.75. The van der Waals surface area contributed by atoms with E-state index in [9.17, 15) is 4.79 Å². The lowest BCUT2D eigenvalue weighted by Gasteiger charge is -2.35. The summed E-state index contributed by atoms with van der Waals surface area (Å²) in [7, 11) is 0. The van der Waals surface area contributed by atoms with Crippen molar-refractivity contribution in [3.05, 3.63) is 23.5 Å². The third kappa shape index (κ3) is 2.32. The van der Waals surface area contributed by atoms with Gasteiger partial charge in [-0.15, -0.1) is 10.2 Å². The van der Waals surface area contributed by atoms with Gasteiger partial charge in [-0.1, -0.05) is 0 Å². The number of aliphatic carboxylic acids is 1. The first-order chi connectivity index (χ1) is 9.52. The lowest BCUT2D eigenvalue weighted by atomic mass is 10.0. The summed E-state index contributed by atoms with van der Waals surface area (Å²) in [4.78, 5) is 12.7. The number of nitrogens with zero attached hydrogens (tertiary/aromatic N) is 3. The molecule has 3 rings (SSSR count). The van der Waals surface area contributed by atoms with E-state index in [0.29, 0.717) is 31.4 Å². The highest BCUT2D eigenvalue weighted by molar-refractivity contribution is 5.71. The van der Waals surface area contributed by atoms with Crippen LogP contribution >= 0.6 is 0 Å². The second-order valence-electron chi connectivity index (χ2n) is 5.06. The minimum Gasteiger partial charge on any atom is -0.481 e. The van der Waals surface area contributed by atoms with Gasteiger partial charge in [-0.05, 0) is 19.9 Å². The van der Waals surface area contributed by atoms with Crippen molar-refractivity contribution in [2.75, 3.05) is 13.1 Å². The van der Waals surface area contributed by atoms with Crippen LogP contribution in [0.4, 0.5) is 0 Å². The quantitative estimate of drug-likeness (QED) is 0.904. The van der Waals surface area contributed by atoms with Crippen molar-refractivity contribution in [1.29, 1.82) is 0 Å². The fourth-order valence-electron chi connectivity index (χ4n) is 2.32. The molecule has 0 saturated carbocycles. The maximum atomic E-state index is 10.7. The highest BCUT2D eigenvalue weighted by Gasteiger charge is 2.33. The van der Waals surface area contributed by atoms with Gasteiger partial charge >= 0.3 is 5.97 Å². The number of likely N-dealkylation sites (tertiary alicyclic amines) is 1. The molecule has 1 aliphatic heterocycles. The molecule has 0 aromatic carbocycles. The maximum Gasteiger partial charge on any atom is 0.309 e. The van der Waals surface area contributed by atoms with E-state index in [1.54, 1.807) is 0 Å². The van der Waals surface area contributed by atoms with Gasteiger partial charge in [0.1, 0.15) is 11.5 Å². The van der Waals surface area contributed by atoms with Gasteiger partial charge in [0, 0.05) is 13.1 Å². The number of carboxylic acid groups (broad SMARTS) is 1. The summed E-state index contributed by atoms with van der Waals surface area (Å²) in [6.07, 6.45) is 0. The van der Waals surface area contributed by atoms with Gasteiger partial charge in [0.25, 0.3) is 5.89 Å². The van der Waals surface area contributed by atoms with E-state index in [1.807, 2.05) is 24.8 Å². The van der Waals surface area contributed by atoms with E-state index in [0.717, 1.165) is 17.1 Å². The third-order valence-corrected chi connectivity index (χ3v) is 3.40. The van der Waals surface area contributed by atoms with Crippen LogP contribution in [-0.4, -0.2) is 39.3 Å². The van der Waals surface area contributed by atoms with E-state index in [4.69, 9.17) is 13.9 Å². The molecule has 0 amide bonds. The van der Waals surface area contributed by atoms with Crippen molar-refractivity contribution >= 4 is 5.97 Å². The lowest BCUT2D eigenvalue weighted by Crippen LogP contribution is -2.49. The topological polar surface area (TPSA) is 92.6 Å². The van der Waals surface area contributed by atoms with Gasteiger partial charge in [0.05, 0.1) is 18.0 Å². The van der Waals surface area contributed by atoms with Crippen molar-refractivity contribution in [3.63, 3.8) is 0 Å². The van der Waals surface area contributed by atoms with Crippen molar-refractivity contribution in [2.24, 2.45) is 5.92 Å². The average molecular weight is 277 g/mol. The first-order valence-electron chi connectivity index (χ1n) is 6.38. The summed E-state index contributed by atoms with van der Waals surface area (Å²) in [5.41, 5.74) is 0.799. The zero-order chi connectivity index (χ0) is 14.3. The largest absolute Gasteiger partial charge is 0.481 e. The van der Waals surface area contributed by atoms with Crippen LogP contribution < -0.4 is 0 Å². The predicted molar refractivity (Wildman–Crippen MR) is 67.9 cm³/mol. The zero-order valence-corrected chi connectivity index (χ0v) is 11.3. The van der Waals surface area contributed by atoms with Crippen LogP contribution in [0, 0.1) is 19.8 Å². The monoisotopic (exact) mass is 277 g/mol. The van der Waals surface area contributed by atoms with Crippen LogP contribution in [0.3, 0.4) is 0 Å². The van der Waals surface area contributed by atoms with Crippen LogP contribution in [-0.2, 0) is 11.3 Å². The number of aryl methyl sites for hydroxylation is 2. The molecule has 1 N–H and O–H groups in total. The highest BCUT2D eigenvalue weighted by atomic mass is 16.4. The molecule has 1 saturated heterocycles. The molecule has 0 atom stereocenters. The zero-order valence-electron chi connectivity index (χ0n) is 11.3. The molecular weight excluding hydrogens is 262 g/mol. The summed E-state index contributed by atoms with van der Waals surface area (Å²) >= 11 is 0. The number of furan rings is 1. The van der Waals surface area contributed by atoms with Gasteiger partial charge in [-0.3, -0.25) is 9.69 Å². The van der Waals surface area contributed by atoms with Crippen LogP contribution in [0.15, 0.2) is 14.9 Å². The fourth-order valence-corrected chi connectivity index (χ4v) is 2.32. The first kappa shape index (κ1) is 12.9. The van der Waals surface area contributed by atoms with Gasteiger partial charge in [-0.25, -0.2) is 0 Å². The Morgan fingerprint density at radius 2 is 2.15 bits per heavy atom. The van der Waals surface area contributed by atoms with Gasteiger partial charge in [0.15, 0.2) is 0 Å². The van der Waals surface area contributed by atoms with Gasteiger partial charge < -0.3 is 13.9 Å². The molecule has 0 radical (unpaired) electrons. The molecule has 106 valence electrons. The van der Waals surface area contributed by atoms with E-state index < -0.39 is 5.97 Å². The molecule has 7 heteroatoms. The van der Waals surface area contributed by atoms with Crippen LogP contribution in [0.2, 0.25) is 0 Å². The normalized spacial score (nSPS) is 16.3. The summed E-state index contributed by atoms with van der Waals surface area (Å²) in [5.74, 6) is 1.43. The first-order valence-corrected chi connectivity index (χ1v) is 6.38. The van der Waals surface area contributed by atoms with Crippen molar-refractivity contribution in [1.82, 2.24) is 15.1 Å². The van der Waals surface area contributed by atoms with E-state index >= 15 is 0 Å². The van der Waals surface area contributed by atoms with Crippen molar-refractivity contribution < 1.29 is 18.7 Å². The second-order valence-corrected chi connectivity index (χ2v) is 5.06. The predicted octanol–water partition coefficient (Wildman–Crippen LogP) is 1.46. The molecular formula is C13H15N3O4. The molecule has 2 aromatic heterocycles. The number of hydrogen-bond donors (Lipinski definition) is 1. The molecule has 0 unspecified atom stereocenters. The Morgan fingerprint density at radius 1 is 1.40 bits per heavy atom. The third-order valence-electron chi connectivity index (χ3n) is 3.40. The van der Waals surface area contributed by atoms with Crippen molar-refractivity contribution in [3.8, 4) is 11.5 Å². The Morgan fingerprint density at radius 3 is 2.75 bits per heavy atom. The lowest BCUT2D eigenvalue weighted by molar-refractivity contribution is -0.147. The Hall–Kier alpha value is -2.15. The molecule has 1 aliphatic rings. The minimum atomic E-state index is -0.753. The molecule has 1 fully saturated rings. The Balaban J connectivity index is 1.66. The number of carbonyl (C=O) groups is 1. The Labute approximate surface area is 115 Å². The van der Waals surface area contributed by atoms with Crippen LogP contribution in [0.25, 0.3) is 11.5 Å². The molecule has 0 bridgehead atoms. The SMILES string of the molecule is Cc1cc(-c2nnc(CN3CC(C(=O)O)C3)o2)c(C)o1. The summed E-state index contributed by atoms with van der Waals surface area (Å²) < 4.78 is 11.0.